The average molecular weight is 467 g/mol. The molecule has 30 heavy (non-hydrogen) atoms. The zero-order valence-electron chi connectivity index (χ0n) is 16.6. The molecule has 9 heteroatoms. The maximum atomic E-state index is 6.40. The van der Waals surface area contributed by atoms with E-state index in [9.17, 15) is 0 Å². The fraction of sp³-hybridized carbons (Fsp3) is 0.381. The molecule has 6 nitrogen and oxygen atoms in total. The summed E-state index contributed by atoms with van der Waals surface area (Å²) in [5, 5.41) is 13.6. The maximum Gasteiger partial charge on any atom is 0.183 e. The molecule has 0 aliphatic carbocycles. The summed E-state index contributed by atoms with van der Waals surface area (Å²) in [6.45, 7) is 2.39. The zero-order chi connectivity index (χ0) is 21.1. The normalized spacial score (nSPS) is 17.7. The van der Waals surface area contributed by atoms with Crippen LogP contribution in [0.4, 0.5) is 0 Å². The number of ether oxygens (including phenoxy) is 1. The first-order chi connectivity index (χ1) is 14.5. The number of halogens is 3. The Balaban J connectivity index is 1.62. The van der Waals surface area contributed by atoms with Crippen molar-refractivity contribution in [3.63, 3.8) is 0 Å². The Morgan fingerprint density at radius 3 is 2.87 bits per heavy atom. The van der Waals surface area contributed by atoms with Gasteiger partial charge in [0.25, 0.3) is 0 Å². The number of hydrogen-bond donors (Lipinski definition) is 0. The van der Waals surface area contributed by atoms with Gasteiger partial charge in [-0.3, -0.25) is 0 Å². The molecule has 158 valence electrons. The highest BCUT2D eigenvalue weighted by atomic mass is 35.5. The molecule has 3 aromatic rings. The monoisotopic (exact) mass is 465 g/mol. The smallest absolute Gasteiger partial charge is 0.183 e. The molecule has 4 rings (SSSR count). The lowest BCUT2D eigenvalue weighted by Gasteiger charge is -2.23. The minimum Gasteiger partial charge on any atom is -0.489 e. The van der Waals surface area contributed by atoms with Crippen LogP contribution < -0.4 is 4.74 Å². The van der Waals surface area contributed by atoms with E-state index < -0.39 is 0 Å². The molecule has 2 heterocycles. The van der Waals surface area contributed by atoms with Crippen molar-refractivity contribution in [2.75, 3.05) is 20.1 Å². The van der Waals surface area contributed by atoms with Gasteiger partial charge in [0, 0.05) is 22.7 Å². The summed E-state index contributed by atoms with van der Waals surface area (Å²) >= 11 is 18.8. The highest BCUT2D eigenvalue weighted by Crippen LogP contribution is 2.33. The Morgan fingerprint density at radius 1 is 1.13 bits per heavy atom. The van der Waals surface area contributed by atoms with Crippen LogP contribution in [0, 0.1) is 0 Å². The lowest BCUT2D eigenvalue weighted by atomic mass is 10.1. The van der Waals surface area contributed by atoms with E-state index in [1.807, 2.05) is 30.3 Å². The van der Waals surface area contributed by atoms with Gasteiger partial charge >= 0.3 is 0 Å². The summed E-state index contributed by atoms with van der Waals surface area (Å²) in [7, 11) is 2.13. The highest BCUT2D eigenvalue weighted by Gasteiger charge is 2.20. The van der Waals surface area contributed by atoms with E-state index in [1.165, 1.54) is 6.42 Å². The quantitative estimate of drug-likeness (QED) is 0.516. The van der Waals surface area contributed by atoms with Gasteiger partial charge in [0.15, 0.2) is 5.82 Å². The molecule has 0 radical (unpaired) electrons. The minimum atomic E-state index is 0.133. The fourth-order valence-corrected chi connectivity index (χ4v) is 4.27. The van der Waals surface area contributed by atoms with Gasteiger partial charge in [-0.05, 0) is 73.6 Å². The van der Waals surface area contributed by atoms with Crippen LogP contribution in [0.25, 0.3) is 11.4 Å². The molecule has 0 N–H and O–H groups in total. The van der Waals surface area contributed by atoms with Gasteiger partial charge in [0.05, 0.1) is 16.6 Å². The van der Waals surface area contributed by atoms with Gasteiger partial charge in [0.2, 0.25) is 0 Å². The number of tetrazole rings is 1. The summed E-state index contributed by atoms with van der Waals surface area (Å²) in [4.78, 5) is 2.31. The topological polar surface area (TPSA) is 56.1 Å². The molecule has 1 atom stereocenters. The van der Waals surface area contributed by atoms with Gasteiger partial charge in [-0.15, -0.1) is 5.10 Å². The zero-order valence-corrected chi connectivity index (χ0v) is 18.8. The third-order valence-electron chi connectivity index (χ3n) is 5.19. The second kappa shape index (κ2) is 9.52. The molecule has 2 aromatic carbocycles. The standard InChI is InChI=1S/C21H22Cl3N5O/c1-28-10-3-2-5-16(13-28)30-19-9-8-15(22)11-14(19)12-29-21(25-26-27-29)17-6-4-7-18(23)20(17)24/h4,6-9,11,16H,2-3,5,10,12-13H2,1H3. The summed E-state index contributed by atoms with van der Waals surface area (Å²) < 4.78 is 8.08. The molecule has 1 aromatic heterocycles. The van der Waals surface area contributed by atoms with Crippen molar-refractivity contribution in [2.24, 2.45) is 0 Å². The molecule has 1 aliphatic rings. The first-order valence-electron chi connectivity index (χ1n) is 9.85. The van der Waals surface area contributed by atoms with Crippen LogP contribution >= 0.6 is 34.8 Å². The highest BCUT2D eigenvalue weighted by molar-refractivity contribution is 6.43. The van der Waals surface area contributed by atoms with E-state index in [-0.39, 0.29) is 6.10 Å². The Morgan fingerprint density at radius 2 is 2.00 bits per heavy atom. The Hall–Kier alpha value is -1.86. The lowest BCUT2D eigenvalue weighted by Crippen LogP contribution is -2.31. The van der Waals surface area contributed by atoms with E-state index in [0.717, 1.165) is 37.2 Å². The van der Waals surface area contributed by atoms with Crippen molar-refractivity contribution in [3.8, 4) is 17.1 Å². The van der Waals surface area contributed by atoms with Gasteiger partial charge in [-0.25, -0.2) is 4.68 Å². The first kappa shape index (κ1) is 21.4. The van der Waals surface area contributed by atoms with Crippen molar-refractivity contribution < 1.29 is 4.74 Å². The van der Waals surface area contributed by atoms with E-state index >= 15 is 0 Å². The average Bonchev–Trinajstić information content (AvgIpc) is 3.06. The third-order valence-corrected chi connectivity index (χ3v) is 6.25. The number of hydrogen-bond acceptors (Lipinski definition) is 5. The van der Waals surface area contributed by atoms with Crippen molar-refractivity contribution in [1.82, 2.24) is 25.1 Å². The van der Waals surface area contributed by atoms with Crippen molar-refractivity contribution >= 4 is 34.8 Å². The molecule has 0 amide bonds. The molecule has 1 saturated heterocycles. The molecular weight excluding hydrogens is 445 g/mol. The molecule has 0 spiro atoms. The third kappa shape index (κ3) is 4.89. The number of benzene rings is 2. The predicted octanol–water partition coefficient (Wildman–Crippen LogP) is 5.21. The van der Waals surface area contributed by atoms with Gasteiger partial charge in [-0.2, -0.15) is 0 Å². The number of aromatic nitrogens is 4. The van der Waals surface area contributed by atoms with Crippen LogP contribution in [0.15, 0.2) is 36.4 Å². The molecule has 1 fully saturated rings. The van der Waals surface area contributed by atoms with Gasteiger partial charge in [0.1, 0.15) is 11.9 Å². The largest absolute Gasteiger partial charge is 0.489 e. The van der Waals surface area contributed by atoms with Crippen LogP contribution in [0.5, 0.6) is 5.75 Å². The maximum absolute atomic E-state index is 6.40. The number of likely N-dealkylation sites (N-methyl/N-ethyl adjacent to an activating group) is 1. The van der Waals surface area contributed by atoms with Crippen LogP contribution in [0.3, 0.4) is 0 Å². The Kier molecular flexibility index (Phi) is 6.78. The molecule has 0 bridgehead atoms. The van der Waals surface area contributed by atoms with Crippen LogP contribution in [0.2, 0.25) is 15.1 Å². The molecular formula is C21H22Cl3N5O. The lowest BCUT2D eigenvalue weighted by molar-refractivity contribution is 0.154. The summed E-state index contributed by atoms with van der Waals surface area (Å²) in [5.74, 6) is 1.32. The molecule has 0 saturated carbocycles. The van der Waals surface area contributed by atoms with E-state index in [0.29, 0.717) is 33.0 Å². The van der Waals surface area contributed by atoms with Crippen LogP contribution in [-0.2, 0) is 6.54 Å². The molecule has 1 aliphatic heterocycles. The number of likely N-dealkylation sites (tertiary alicyclic amines) is 1. The van der Waals surface area contributed by atoms with E-state index in [4.69, 9.17) is 39.5 Å². The van der Waals surface area contributed by atoms with Crippen LogP contribution in [-0.4, -0.2) is 51.3 Å². The summed E-state index contributed by atoms with van der Waals surface area (Å²) in [6.07, 6.45) is 3.51. The first-order valence-corrected chi connectivity index (χ1v) is 11.0. The fourth-order valence-electron chi connectivity index (χ4n) is 3.69. The van der Waals surface area contributed by atoms with Crippen molar-refractivity contribution in [3.05, 3.63) is 57.0 Å². The number of nitrogens with zero attached hydrogens (tertiary/aromatic N) is 5. The molecule has 1 unspecified atom stereocenters. The van der Waals surface area contributed by atoms with E-state index in [1.54, 1.807) is 10.7 Å². The van der Waals surface area contributed by atoms with Gasteiger partial charge < -0.3 is 9.64 Å². The van der Waals surface area contributed by atoms with Crippen LogP contribution in [0.1, 0.15) is 24.8 Å². The van der Waals surface area contributed by atoms with Gasteiger partial charge in [-0.1, -0.05) is 40.9 Å². The number of rotatable bonds is 5. The Labute approximate surface area is 190 Å². The minimum absolute atomic E-state index is 0.133. The SMILES string of the molecule is CN1CCCCC(Oc2ccc(Cl)cc2Cn2nnnc2-c2cccc(Cl)c2Cl)C1. The summed E-state index contributed by atoms with van der Waals surface area (Å²) in [6, 6.07) is 11.0. The summed E-state index contributed by atoms with van der Waals surface area (Å²) in [5.41, 5.74) is 1.57. The van der Waals surface area contributed by atoms with E-state index in [2.05, 4.69) is 27.5 Å². The second-order valence-electron chi connectivity index (χ2n) is 7.51. The predicted molar refractivity (Wildman–Crippen MR) is 120 cm³/mol. The van der Waals surface area contributed by atoms with Crippen molar-refractivity contribution in [2.45, 2.75) is 31.9 Å². The van der Waals surface area contributed by atoms with Crippen molar-refractivity contribution in [1.29, 1.82) is 0 Å². The Bertz CT molecular complexity index is 1030. The second-order valence-corrected chi connectivity index (χ2v) is 8.73.